The van der Waals surface area contributed by atoms with Crippen LogP contribution in [-0.2, 0) is 26.1 Å². The number of nitrogens with one attached hydrogen (secondary N) is 1. The van der Waals surface area contributed by atoms with Crippen molar-refractivity contribution in [3.8, 4) is 0 Å². The molecule has 1 aromatic heterocycles. The van der Waals surface area contributed by atoms with Crippen LogP contribution >= 0.6 is 0 Å². The van der Waals surface area contributed by atoms with Crippen LogP contribution in [0.2, 0.25) is 0 Å². The predicted molar refractivity (Wildman–Crippen MR) is 119 cm³/mol. The molecule has 2 aliphatic heterocycles. The number of morpholine rings is 1. The van der Waals surface area contributed by atoms with Crippen molar-refractivity contribution >= 4 is 26.8 Å². The summed E-state index contributed by atoms with van der Waals surface area (Å²) in [6.45, 7) is 6.50. The Labute approximate surface area is 184 Å². The fourth-order valence-corrected chi connectivity index (χ4v) is 5.85. The van der Waals surface area contributed by atoms with Gasteiger partial charge in [-0.2, -0.15) is 4.31 Å². The average molecular weight is 449 g/mol. The molecule has 0 atom stereocenters. The number of piperidine rings is 1. The van der Waals surface area contributed by atoms with E-state index in [2.05, 4.69) is 10.2 Å². The van der Waals surface area contributed by atoms with Crippen LogP contribution in [0, 0.1) is 0 Å². The molecule has 2 aliphatic rings. The first-order valence-electron chi connectivity index (χ1n) is 11.2. The molecule has 0 saturated carbocycles. The van der Waals surface area contributed by atoms with Gasteiger partial charge in [-0.1, -0.05) is 6.42 Å². The fourth-order valence-electron chi connectivity index (χ4n) is 4.30. The third-order valence-corrected chi connectivity index (χ3v) is 7.98. The zero-order valence-electron chi connectivity index (χ0n) is 18.0. The summed E-state index contributed by atoms with van der Waals surface area (Å²) in [6, 6.07) is 7.05. The molecule has 31 heavy (non-hydrogen) atoms. The number of aromatic nitrogens is 1. The van der Waals surface area contributed by atoms with Gasteiger partial charge < -0.3 is 14.6 Å². The van der Waals surface area contributed by atoms with Gasteiger partial charge in [0.1, 0.15) is 6.54 Å². The Hall–Kier alpha value is -1.94. The Balaban J connectivity index is 1.33. The molecule has 0 aliphatic carbocycles. The van der Waals surface area contributed by atoms with E-state index in [1.54, 1.807) is 22.5 Å². The standard InChI is InChI=1S/C22H32N4O4S/c27-22(23-8-4-9-24-13-15-30-16-14-24)18-25-12-7-19-17-20(5-6-21(19)25)31(28,29)26-10-2-1-3-11-26/h5-7,12,17H,1-4,8-11,13-16,18H2,(H,23,27). The molecule has 9 heteroatoms. The van der Waals surface area contributed by atoms with E-state index in [0.717, 1.165) is 69.4 Å². The zero-order chi connectivity index (χ0) is 21.7. The zero-order valence-corrected chi connectivity index (χ0v) is 18.8. The minimum absolute atomic E-state index is 0.0375. The average Bonchev–Trinajstić information content (AvgIpc) is 3.20. The van der Waals surface area contributed by atoms with Crippen molar-refractivity contribution in [1.82, 2.24) is 19.1 Å². The highest BCUT2D eigenvalue weighted by Gasteiger charge is 2.26. The van der Waals surface area contributed by atoms with Crippen molar-refractivity contribution in [2.45, 2.75) is 37.1 Å². The maximum Gasteiger partial charge on any atom is 0.243 e. The molecule has 0 radical (unpaired) electrons. The molecule has 0 bridgehead atoms. The number of fused-ring (bicyclic) bond motifs is 1. The van der Waals surface area contributed by atoms with E-state index in [1.807, 2.05) is 16.8 Å². The fraction of sp³-hybridized carbons (Fsp3) is 0.591. The second kappa shape index (κ2) is 10.1. The number of benzene rings is 1. The summed E-state index contributed by atoms with van der Waals surface area (Å²) >= 11 is 0. The molecule has 2 fully saturated rings. The van der Waals surface area contributed by atoms with Crippen LogP contribution in [-0.4, -0.2) is 80.6 Å². The summed E-state index contributed by atoms with van der Waals surface area (Å²) in [5, 5.41) is 3.82. The van der Waals surface area contributed by atoms with Gasteiger partial charge in [-0.15, -0.1) is 0 Å². The summed E-state index contributed by atoms with van der Waals surface area (Å²) < 4.78 is 34.6. The molecular formula is C22H32N4O4S. The molecule has 2 saturated heterocycles. The van der Waals surface area contributed by atoms with Gasteiger partial charge in [-0.25, -0.2) is 8.42 Å². The minimum atomic E-state index is -3.46. The number of nitrogens with zero attached hydrogens (tertiary/aromatic N) is 3. The Morgan fingerprint density at radius 1 is 1.03 bits per heavy atom. The molecule has 0 spiro atoms. The van der Waals surface area contributed by atoms with E-state index >= 15 is 0 Å². The van der Waals surface area contributed by atoms with Crippen LogP contribution in [0.15, 0.2) is 35.4 Å². The third-order valence-electron chi connectivity index (χ3n) is 6.09. The molecular weight excluding hydrogens is 416 g/mol. The second-order valence-electron chi connectivity index (χ2n) is 8.29. The van der Waals surface area contributed by atoms with E-state index in [-0.39, 0.29) is 12.5 Å². The molecule has 8 nitrogen and oxygen atoms in total. The first-order chi connectivity index (χ1) is 15.0. The molecule has 1 amide bonds. The Bertz CT molecular complexity index is 992. The molecule has 1 aromatic carbocycles. The van der Waals surface area contributed by atoms with Crippen molar-refractivity contribution in [3.63, 3.8) is 0 Å². The molecule has 4 rings (SSSR count). The molecule has 2 aromatic rings. The Kier molecular flexibility index (Phi) is 7.27. The Morgan fingerprint density at radius 2 is 1.81 bits per heavy atom. The minimum Gasteiger partial charge on any atom is -0.379 e. The Morgan fingerprint density at radius 3 is 2.58 bits per heavy atom. The second-order valence-corrected chi connectivity index (χ2v) is 10.2. The lowest BCUT2D eigenvalue weighted by Gasteiger charge is -2.26. The van der Waals surface area contributed by atoms with E-state index in [0.29, 0.717) is 24.5 Å². The quantitative estimate of drug-likeness (QED) is 0.621. The SMILES string of the molecule is O=C(Cn1ccc2cc(S(=O)(=O)N3CCCCC3)ccc21)NCCCN1CCOCC1. The van der Waals surface area contributed by atoms with Crippen molar-refractivity contribution in [2.75, 3.05) is 52.5 Å². The van der Waals surface area contributed by atoms with Crippen LogP contribution in [0.25, 0.3) is 10.9 Å². The number of carbonyl (C=O) groups is 1. The van der Waals surface area contributed by atoms with E-state index in [9.17, 15) is 13.2 Å². The summed E-state index contributed by atoms with van der Waals surface area (Å²) in [5.41, 5.74) is 0.862. The van der Waals surface area contributed by atoms with Crippen molar-refractivity contribution < 1.29 is 17.9 Å². The van der Waals surface area contributed by atoms with Gasteiger partial charge in [0.05, 0.1) is 18.1 Å². The predicted octanol–water partition coefficient (Wildman–Crippen LogP) is 1.65. The van der Waals surface area contributed by atoms with Crippen LogP contribution in [0.3, 0.4) is 0 Å². The van der Waals surface area contributed by atoms with Gasteiger partial charge in [0.25, 0.3) is 0 Å². The van der Waals surface area contributed by atoms with Crippen LogP contribution in [0.1, 0.15) is 25.7 Å². The van der Waals surface area contributed by atoms with Gasteiger partial charge in [-0.05, 0) is 50.1 Å². The number of carbonyl (C=O) groups excluding carboxylic acids is 1. The van der Waals surface area contributed by atoms with Crippen molar-refractivity contribution in [2.24, 2.45) is 0 Å². The molecule has 170 valence electrons. The first kappa shape index (κ1) is 22.3. The van der Waals surface area contributed by atoms with E-state index in [4.69, 9.17) is 4.74 Å². The molecule has 3 heterocycles. The van der Waals surface area contributed by atoms with E-state index < -0.39 is 10.0 Å². The van der Waals surface area contributed by atoms with Crippen molar-refractivity contribution in [1.29, 1.82) is 0 Å². The molecule has 0 unspecified atom stereocenters. The van der Waals surface area contributed by atoms with Gasteiger partial charge >= 0.3 is 0 Å². The lowest BCUT2D eigenvalue weighted by molar-refractivity contribution is -0.121. The topological polar surface area (TPSA) is 83.9 Å². The number of hydrogen-bond donors (Lipinski definition) is 1. The smallest absolute Gasteiger partial charge is 0.243 e. The van der Waals surface area contributed by atoms with Gasteiger partial charge in [-0.3, -0.25) is 9.69 Å². The third kappa shape index (κ3) is 5.46. The van der Waals surface area contributed by atoms with Crippen molar-refractivity contribution in [3.05, 3.63) is 30.5 Å². The summed E-state index contributed by atoms with van der Waals surface area (Å²) in [4.78, 5) is 15.0. The number of rotatable bonds is 8. The summed E-state index contributed by atoms with van der Waals surface area (Å²) in [5.74, 6) is -0.0375. The highest BCUT2D eigenvalue weighted by atomic mass is 32.2. The maximum absolute atomic E-state index is 12.9. The van der Waals surface area contributed by atoms with Crippen LogP contribution in [0.5, 0.6) is 0 Å². The van der Waals surface area contributed by atoms with Crippen LogP contribution in [0.4, 0.5) is 0 Å². The first-order valence-corrected chi connectivity index (χ1v) is 12.6. The van der Waals surface area contributed by atoms with Gasteiger partial charge in [0.2, 0.25) is 15.9 Å². The molecule has 1 N–H and O–H groups in total. The lowest BCUT2D eigenvalue weighted by atomic mass is 10.2. The highest BCUT2D eigenvalue weighted by molar-refractivity contribution is 7.89. The highest BCUT2D eigenvalue weighted by Crippen LogP contribution is 2.25. The monoisotopic (exact) mass is 448 g/mol. The number of ether oxygens (including phenoxy) is 1. The van der Waals surface area contributed by atoms with Gasteiger partial charge in [0, 0.05) is 49.8 Å². The van der Waals surface area contributed by atoms with E-state index in [1.165, 1.54) is 0 Å². The lowest BCUT2D eigenvalue weighted by Crippen LogP contribution is -2.38. The summed E-state index contributed by atoms with van der Waals surface area (Å²) in [6.07, 6.45) is 5.67. The van der Waals surface area contributed by atoms with Gasteiger partial charge in [0.15, 0.2) is 0 Å². The number of amides is 1. The maximum atomic E-state index is 12.9. The van der Waals surface area contributed by atoms with Crippen LogP contribution < -0.4 is 5.32 Å². The normalized spacial score (nSPS) is 19.0. The summed E-state index contributed by atoms with van der Waals surface area (Å²) in [7, 11) is -3.46. The number of hydrogen-bond acceptors (Lipinski definition) is 5. The number of sulfonamides is 1. The largest absolute Gasteiger partial charge is 0.379 e.